The Labute approximate surface area is 201 Å². The van der Waals surface area contributed by atoms with Gasteiger partial charge in [-0.3, -0.25) is 0 Å². The van der Waals surface area contributed by atoms with Crippen LogP contribution in [0.5, 0.6) is 0 Å². The molecule has 5 heteroatoms. The van der Waals surface area contributed by atoms with Crippen molar-refractivity contribution in [2.45, 2.75) is 57.4 Å². The predicted octanol–water partition coefficient (Wildman–Crippen LogP) is 5.87. The van der Waals surface area contributed by atoms with Crippen molar-refractivity contribution in [2.24, 2.45) is 5.92 Å². The van der Waals surface area contributed by atoms with Crippen LogP contribution in [-0.4, -0.2) is 41.8 Å². The smallest absolute Gasteiger partial charge is 0.335 e. The summed E-state index contributed by atoms with van der Waals surface area (Å²) < 4.78 is 2.45. The zero-order valence-corrected chi connectivity index (χ0v) is 19.9. The summed E-state index contributed by atoms with van der Waals surface area (Å²) in [6.07, 6.45) is 8.90. The lowest BCUT2D eigenvalue weighted by Gasteiger charge is -2.32. The molecule has 3 heterocycles. The highest BCUT2D eigenvalue weighted by Gasteiger charge is 2.31. The van der Waals surface area contributed by atoms with Crippen LogP contribution in [0.15, 0.2) is 42.5 Å². The second-order valence-electron chi connectivity index (χ2n) is 10.5. The molecule has 1 unspecified atom stereocenters. The number of benzene rings is 2. The maximum Gasteiger partial charge on any atom is 0.335 e. The quantitative estimate of drug-likeness (QED) is 0.514. The van der Waals surface area contributed by atoms with Gasteiger partial charge in [0, 0.05) is 41.8 Å². The van der Waals surface area contributed by atoms with E-state index in [1.165, 1.54) is 72.8 Å². The summed E-state index contributed by atoms with van der Waals surface area (Å²) in [4.78, 5) is 14.4. The molecule has 0 spiro atoms. The van der Waals surface area contributed by atoms with Crippen molar-refractivity contribution in [3.8, 4) is 11.3 Å². The Morgan fingerprint density at radius 2 is 1.85 bits per heavy atom. The average molecular weight is 458 g/mol. The molecule has 5 nitrogen and oxygen atoms in total. The molecule has 1 aliphatic carbocycles. The molecule has 0 amide bonds. The number of fused-ring (bicyclic) bond motifs is 5. The fraction of sp³-hybridized carbons (Fsp3) is 0.483. The number of piperidine rings is 1. The lowest BCUT2D eigenvalue weighted by molar-refractivity contribution is 0.0697. The van der Waals surface area contributed by atoms with Gasteiger partial charge >= 0.3 is 5.97 Å². The Morgan fingerprint density at radius 3 is 2.65 bits per heavy atom. The summed E-state index contributed by atoms with van der Waals surface area (Å²) in [6.45, 7) is 5.15. The second-order valence-corrected chi connectivity index (χ2v) is 10.5. The number of aromatic nitrogens is 1. The number of aromatic carboxylic acids is 1. The highest BCUT2D eigenvalue weighted by atomic mass is 16.4. The third-order valence-corrected chi connectivity index (χ3v) is 8.34. The normalized spacial score (nSPS) is 21.2. The minimum atomic E-state index is -0.850. The number of para-hydroxylation sites is 1. The summed E-state index contributed by atoms with van der Waals surface area (Å²) in [7, 11) is 0. The third-order valence-electron chi connectivity index (χ3n) is 8.34. The number of nitrogens with one attached hydrogen (secondary N) is 1. The Morgan fingerprint density at radius 1 is 1.00 bits per heavy atom. The molecule has 0 radical (unpaired) electrons. The first kappa shape index (κ1) is 21.7. The number of anilines is 1. The van der Waals surface area contributed by atoms with Crippen LogP contribution in [0.25, 0.3) is 22.2 Å². The first-order chi connectivity index (χ1) is 16.7. The zero-order valence-electron chi connectivity index (χ0n) is 19.9. The zero-order chi connectivity index (χ0) is 23.1. The molecule has 6 rings (SSSR count). The second kappa shape index (κ2) is 9.10. The number of carboxylic acid groups (broad SMARTS) is 1. The molecular formula is C29H35N3O2. The Balaban J connectivity index is 1.52. The first-order valence-electron chi connectivity index (χ1n) is 13.1. The van der Waals surface area contributed by atoms with Gasteiger partial charge in [-0.05, 0) is 74.4 Å². The first-order valence-corrected chi connectivity index (χ1v) is 13.1. The van der Waals surface area contributed by atoms with Crippen LogP contribution in [0.4, 0.5) is 5.69 Å². The molecule has 2 aliphatic heterocycles. The SMILES string of the molecule is O=C(O)c1ccc2c(C3CCCCC3)c3n(c2c1)CCN(CC1CCCNC1)c1ccccc1-3. The minimum Gasteiger partial charge on any atom is -0.478 e. The van der Waals surface area contributed by atoms with Crippen molar-refractivity contribution < 1.29 is 9.90 Å². The summed E-state index contributed by atoms with van der Waals surface area (Å²) in [5.41, 5.74) is 6.92. The van der Waals surface area contributed by atoms with Crippen molar-refractivity contribution in [3.05, 3.63) is 53.6 Å². The van der Waals surface area contributed by atoms with E-state index in [0.717, 1.165) is 38.2 Å². The fourth-order valence-electron chi connectivity index (χ4n) is 6.71. The molecule has 3 aliphatic rings. The van der Waals surface area contributed by atoms with Gasteiger partial charge in [0.25, 0.3) is 0 Å². The molecule has 1 atom stereocenters. The van der Waals surface area contributed by atoms with Crippen molar-refractivity contribution >= 4 is 22.6 Å². The topological polar surface area (TPSA) is 57.5 Å². The van der Waals surface area contributed by atoms with Gasteiger partial charge in [-0.25, -0.2) is 4.79 Å². The van der Waals surface area contributed by atoms with Crippen molar-refractivity contribution in [1.29, 1.82) is 0 Å². The molecule has 2 aromatic carbocycles. The highest BCUT2D eigenvalue weighted by Crippen LogP contribution is 2.47. The standard InChI is InChI=1S/C29H35N3O2/c33-29(34)22-12-13-23-26(17-22)32-16-15-31(19-20-7-6-14-30-18-20)25-11-5-4-10-24(25)28(32)27(23)21-8-2-1-3-9-21/h4-5,10-13,17,20-21,30H,1-3,6-9,14-16,18-19H2,(H,33,34). The molecule has 178 valence electrons. The molecule has 3 aromatic rings. The van der Waals surface area contributed by atoms with Crippen LogP contribution < -0.4 is 10.2 Å². The van der Waals surface area contributed by atoms with Gasteiger partial charge in [0.05, 0.1) is 11.3 Å². The van der Waals surface area contributed by atoms with E-state index in [-0.39, 0.29) is 0 Å². The largest absolute Gasteiger partial charge is 0.478 e. The van der Waals surface area contributed by atoms with Crippen molar-refractivity contribution in [3.63, 3.8) is 0 Å². The van der Waals surface area contributed by atoms with Crippen molar-refractivity contribution in [2.75, 3.05) is 31.1 Å². The monoisotopic (exact) mass is 457 g/mol. The van der Waals surface area contributed by atoms with E-state index in [1.54, 1.807) is 6.07 Å². The number of carboxylic acids is 1. The summed E-state index contributed by atoms with van der Waals surface area (Å²) >= 11 is 0. The van der Waals surface area contributed by atoms with E-state index < -0.39 is 5.97 Å². The van der Waals surface area contributed by atoms with Crippen LogP contribution in [0.3, 0.4) is 0 Å². The van der Waals surface area contributed by atoms with E-state index in [4.69, 9.17) is 0 Å². The lowest BCUT2D eigenvalue weighted by Crippen LogP contribution is -2.39. The van der Waals surface area contributed by atoms with E-state index in [2.05, 4.69) is 45.1 Å². The summed E-state index contributed by atoms with van der Waals surface area (Å²) in [6, 6.07) is 14.7. The molecule has 1 saturated carbocycles. The van der Waals surface area contributed by atoms with Gasteiger partial charge in [-0.1, -0.05) is 43.5 Å². The van der Waals surface area contributed by atoms with E-state index >= 15 is 0 Å². The maximum atomic E-state index is 11.8. The minimum absolute atomic E-state index is 0.380. The lowest BCUT2D eigenvalue weighted by atomic mass is 9.81. The predicted molar refractivity (Wildman–Crippen MR) is 138 cm³/mol. The van der Waals surface area contributed by atoms with Gasteiger partial charge in [0.1, 0.15) is 0 Å². The molecule has 2 fully saturated rings. The van der Waals surface area contributed by atoms with E-state index in [0.29, 0.717) is 17.4 Å². The number of hydrogen-bond acceptors (Lipinski definition) is 3. The molecule has 2 N–H and O–H groups in total. The van der Waals surface area contributed by atoms with Gasteiger partial charge in [0.2, 0.25) is 0 Å². The molecular weight excluding hydrogens is 422 g/mol. The Bertz CT molecular complexity index is 1200. The molecule has 0 bridgehead atoms. The fourth-order valence-corrected chi connectivity index (χ4v) is 6.71. The highest BCUT2D eigenvalue weighted by molar-refractivity contribution is 5.99. The summed E-state index contributed by atoms with van der Waals surface area (Å²) in [5, 5.41) is 14.6. The average Bonchev–Trinajstić information content (AvgIpc) is 3.12. The van der Waals surface area contributed by atoms with Crippen LogP contribution in [0.2, 0.25) is 0 Å². The number of carbonyl (C=O) groups is 1. The van der Waals surface area contributed by atoms with E-state index in [9.17, 15) is 9.90 Å². The Kier molecular flexibility index (Phi) is 5.82. The number of hydrogen-bond donors (Lipinski definition) is 2. The van der Waals surface area contributed by atoms with Gasteiger partial charge < -0.3 is 19.9 Å². The number of rotatable bonds is 4. The van der Waals surface area contributed by atoms with Crippen LogP contribution in [0, 0.1) is 5.92 Å². The van der Waals surface area contributed by atoms with Crippen molar-refractivity contribution in [1.82, 2.24) is 9.88 Å². The van der Waals surface area contributed by atoms with Gasteiger partial charge in [-0.15, -0.1) is 0 Å². The molecule has 1 aromatic heterocycles. The van der Waals surface area contributed by atoms with Gasteiger partial charge in [0.15, 0.2) is 0 Å². The third kappa shape index (κ3) is 3.80. The molecule has 34 heavy (non-hydrogen) atoms. The maximum absolute atomic E-state index is 11.8. The van der Waals surface area contributed by atoms with Crippen LogP contribution in [0.1, 0.15) is 66.8 Å². The van der Waals surface area contributed by atoms with E-state index in [1.807, 2.05) is 6.07 Å². The van der Waals surface area contributed by atoms with Crippen LogP contribution in [-0.2, 0) is 6.54 Å². The Hall–Kier alpha value is -2.79. The molecule has 1 saturated heterocycles. The summed E-state index contributed by atoms with van der Waals surface area (Å²) in [5.74, 6) is 0.370. The van der Waals surface area contributed by atoms with Crippen LogP contribution >= 0.6 is 0 Å². The number of nitrogens with zero attached hydrogens (tertiary/aromatic N) is 2. The van der Waals surface area contributed by atoms with Gasteiger partial charge in [-0.2, -0.15) is 0 Å².